The molecule has 30 heteroatoms. The summed E-state index contributed by atoms with van der Waals surface area (Å²) in [4.78, 5) is 18.5. The van der Waals surface area contributed by atoms with Gasteiger partial charge in [-0.3, -0.25) is 0 Å². The Morgan fingerprint density at radius 2 is 0.650 bits per heavy atom. The second-order valence-electron chi connectivity index (χ2n) is 38.3. The number of benzene rings is 5. The van der Waals surface area contributed by atoms with Crippen LogP contribution < -0.4 is 34.3 Å². The summed E-state index contributed by atoms with van der Waals surface area (Å²) >= 11 is 2.91. The average Bonchev–Trinajstić information content (AvgIpc) is 1.47. The molecule has 21 aliphatic rings. The number of hydrogen-bond acceptors (Lipinski definition) is 26. The summed E-state index contributed by atoms with van der Waals surface area (Å²) in [5, 5.41) is 138. The third-order valence-electron chi connectivity index (χ3n) is 33.9. The van der Waals surface area contributed by atoms with Crippen molar-refractivity contribution in [1.82, 2.24) is 25.3 Å². The number of ether oxygens (including phenoxy) is 7. The van der Waals surface area contributed by atoms with Crippen molar-refractivity contribution in [2.45, 2.75) is 276 Å². The summed E-state index contributed by atoms with van der Waals surface area (Å²) in [6, 6.07) is 21.6. The fraction of sp³-hybridized carbons (Fsp3) is 0.656. The Hall–Kier alpha value is -2.19. The van der Waals surface area contributed by atoms with Crippen molar-refractivity contribution in [2.75, 3.05) is 61.0 Å². The summed E-state index contributed by atoms with van der Waals surface area (Å²) < 4.78 is 39.9. The molecule has 11 heterocycles. The van der Waals surface area contributed by atoms with Gasteiger partial charge in [0.05, 0.1) is 37.6 Å². The Labute approximate surface area is 814 Å². The van der Waals surface area contributed by atoms with E-state index in [-0.39, 0.29) is 219 Å². The summed E-state index contributed by atoms with van der Waals surface area (Å²) in [7, 11) is 7.80. The second-order valence-corrected chi connectivity index (χ2v) is 39.2. The van der Waals surface area contributed by atoms with Gasteiger partial charge in [-0.1, -0.05) is 46.3 Å². The number of likely N-dealkylation sites (N-methyl/N-ethyl adjacent to an activating group) is 3. The Morgan fingerprint density at radius 3 is 0.933 bits per heavy atom. The number of alkyl halides is 1. The van der Waals surface area contributed by atoms with Crippen molar-refractivity contribution in [3.05, 3.63) is 116 Å². The largest absolute Gasteiger partial charge is 0.504 e. The van der Waals surface area contributed by atoms with E-state index in [0.29, 0.717) is 88.5 Å². The Bertz CT molecular complexity index is 4470. The number of aliphatic hydroxyl groups is 8. The number of phenols is 5. The molecule has 5 aromatic rings. The molecule has 0 amide bonds. The number of piperidine rings is 5. The van der Waals surface area contributed by atoms with Gasteiger partial charge in [-0.05, 0) is 270 Å². The topological polar surface area (TPSA) is 378 Å². The number of nitrogens with one attached hydrogen (secondary N) is 2. The van der Waals surface area contributed by atoms with E-state index in [4.69, 9.17) is 28.4 Å². The third-order valence-corrected chi connectivity index (χ3v) is 34.6. The van der Waals surface area contributed by atoms with Crippen LogP contribution in [0, 0.1) is 162 Å². The van der Waals surface area contributed by atoms with Gasteiger partial charge in [-0.2, -0.15) is 0 Å². The van der Waals surface area contributed by atoms with Crippen molar-refractivity contribution in [1.29, 1.82) is 0 Å². The fourth-order valence-electron chi connectivity index (χ4n) is 29.1. The van der Waals surface area contributed by atoms with Gasteiger partial charge in [0.15, 0.2) is 63.6 Å². The first kappa shape index (κ1) is 88.5. The van der Waals surface area contributed by atoms with Gasteiger partial charge in [-0.25, -0.2) is 4.79 Å². The van der Waals surface area contributed by atoms with Crippen LogP contribution in [0.1, 0.15) is 152 Å². The van der Waals surface area contributed by atoms with Crippen molar-refractivity contribution in [2.24, 2.45) is 29.6 Å². The zero-order valence-corrected chi connectivity index (χ0v) is 84.2. The quantitative estimate of drug-likeness (QED) is 0.0792. The van der Waals surface area contributed by atoms with Gasteiger partial charge in [0.25, 0.3) is 0 Å². The molecular weight excluding hydrogens is 2250 g/mol. The fourth-order valence-corrected chi connectivity index (χ4v) is 29.7. The minimum Gasteiger partial charge on any atom is -0.504 e. The molecule has 10 bridgehead atoms. The average molecular weight is 2360 g/mol. The van der Waals surface area contributed by atoms with Crippen LogP contribution in [0.3, 0.4) is 0 Å². The number of carbonyl (C=O) groups is 1. The molecule has 120 heavy (non-hydrogen) atoms. The summed E-state index contributed by atoms with van der Waals surface area (Å²) in [5.41, 5.74) is 12.3. The maximum atomic E-state index is 11.1. The molecule has 30 atom stereocenters. The molecule has 5 aromatic carbocycles. The molecule has 15 N–H and O–H groups in total. The van der Waals surface area contributed by atoms with Crippen LogP contribution in [0.5, 0.6) is 57.5 Å². The number of hydrogen-bond donors (Lipinski definition) is 15. The van der Waals surface area contributed by atoms with E-state index in [1.165, 1.54) is 55.6 Å². The predicted octanol–water partition coefficient (Wildman–Crippen LogP) is 4.79. The Kier molecular flexibility index (Phi) is 24.1. The van der Waals surface area contributed by atoms with Gasteiger partial charge in [0.1, 0.15) is 53.8 Å². The van der Waals surface area contributed by atoms with Crippen LogP contribution >= 0.6 is 15.9 Å². The zero-order chi connectivity index (χ0) is 80.9. The van der Waals surface area contributed by atoms with Crippen molar-refractivity contribution >= 4 is 21.9 Å². The molecule has 5 saturated carbocycles. The van der Waals surface area contributed by atoms with Gasteiger partial charge >= 0.3 is 5.97 Å². The molecule has 26 rings (SSSR count). The first-order valence-corrected chi connectivity index (χ1v) is 44.2. The maximum Gasteiger partial charge on any atom is 0.337 e. The predicted molar refractivity (Wildman–Crippen MR) is 427 cm³/mol. The van der Waals surface area contributed by atoms with Crippen LogP contribution in [0.2, 0.25) is 0 Å². The van der Waals surface area contributed by atoms with E-state index in [0.717, 1.165) is 168 Å². The number of phenolic OH excluding ortho intramolecular Hbond substituents is 5. The van der Waals surface area contributed by atoms with Gasteiger partial charge < -0.3 is 125 Å². The first-order valence-electron chi connectivity index (χ1n) is 43.3. The van der Waals surface area contributed by atoms with E-state index >= 15 is 0 Å². The number of likely N-dealkylation sites (tertiary alicyclic amines) is 3. The van der Waals surface area contributed by atoms with Gasteiger partial charge in [0.2, 0.25) is 0 Å². The van der Waals surface area contributed by atoms with Crippen LogP contribution in [-0.4, -0.2) is 269 Å². The smallest absolute Gasteiger partial charge is 0.337 e. The number of rotatable bonds is 1. The van der Waals surface area contributed by atoms with Crippen LogP contribution in [0.25, 0.3) is 0 Å². The molecule has 10 aliphatic carbocycles. The maximum absolute atomic E-state index is 11.1. The van der Waals surface area contributed by atoms with Gasteiger partial charge in [0, 0.05) is 217 Å². The molecule has 11 fully saturated rings. The number of nitrogens with zero attached hydrogens (tertiary/aromatic N) is 3. The summed E-state index contributed by atoms with van der Waals surface area (Å²) in [6.45, 7) is 5.08. The molecular formula is C90H112Ac3BrN5O21. The molecule has 6 saturated heterocycles. The number of aliphatic hydroxyl groups excluding tert-OH is 8. The number of carbonyl (C=O) groups excluding carboxylic acids is 1. The molecule has 26 nitrogen and oxygen atoms in total. The number of esters is 1. The second kappa shape index (κ2) is 32.7. The van der Waals surface area contributed by atoms with E-state index in [1.807, 2.05) is 12.1 Å². The SMILES string of the molecule is CN1CCC23c4c5ccc(O)c4O[C@H]2[C@@H](O)CC[C@H]3C1C5.CN1CCC23c4c5ccc(O)c4O[C@H]2[C@@H](O)CC[C@H]3C1C5.CN1CCC23c4c5ccc(O)c4O[C@H]2[C@@H](O)CC[C@H]3C1C5.COC(=O)[C@H]1O[C@H](Br)[C@H](O)[C@@H](O)[C@@H]1O.Oc1ccc2c3c1O[C@H]1[C@@H](O)CC[C@H]4C(C2)NCCC341.Oc1ccc2c3c1O[C@H]1[C@@H](O)CC[C@H]4C(C2)NCCC341.[Ac].[Ac].[Ac]. The Morgan fingerprint density at radius 1 is 0.383 bits per heavy atom. The van der Waals surface area contributed by atoms with Crippen LogP contribution in [-0.2, 0) is 73.4 Å². The molecule has 639 valence electrons. The normalized spacial score (nSPS) is 42.4. The molecule has 11 aliphatic heterocycles. The third kappa shape index (κ3) is 12.6. The van der Waals surface area contributed by atoms with E-state index < -0.39 is 65.9 Å². The van der Waals surface area contributed by atoms with E-state index in [9.17, 15) is 71.2 Å². The van der Waals surface area contributed by atoms with Crippen molar-refractivity contribution in [3.63, 3.8) is 0 Å². The summed E-state index contributed by atoms with van der Waals surface area (Å²) in [6.07, 6.45) is 11.1. The summed E-state index contributed by atoms with van der Waals surface area (Å²) in [5.74, 6) is 6.34. The monoisotopic (exact) mass is 2360 g/mol. The molecule has 10 unspecified atom stereocenters. The van der Waals surface area contributed by atoms with E-state index in [2.05, 4.69) is 85.3 Å². The van der Waals surface area contributed by atoms with Crippen molar-refractivity contribution in [3.8, 4) is 57.5 Å². The number of halogens is 1. The minimum atomic E-state index is -1.49. The molecule has 5 spiro atoms. The van der Waals surface area contributed by atoms with Crippen LogP contribution in [0.15, 0.2) is 60.7 Å². The standard InChI is InChI=1S/3C17H21NO3.2C16H19NO3.C7H11BrO6.3Ac/c3*1-18-7-6-17-10-3-5-13(20)16(17)21-15-12(19)4-2-9(14(15)17)8-11(10)18;2*18-11-3-1-8-7-10-9-2-4-12(19)15-16(9,5-6-17-10)13(8)14(11)20-15;1-13-7(12)5-3(10)2(9)4(11)6(8)14-5;;;/h3*2,4,10-11,13,16,19-20H,3,5-8H2,1H3;2*1,3,9-10,12,15,17-19H,2,4-7H2;2-6,9-11H,1H3;;;/t3*10-,11?,13-,16-,17?;2*9-,10?,12-,15-,16?;2-,3-,4+,5-,6-;;;/m000000.../s1. The molecule has 0 aromatic heterocycles. The van der Waals surface area contributed by atoms with E-state index in [1.54, 1.807) is 30.3 Å². The minimum absolute atomic E-state index is 0. The zero-order valence-electron chi connectivity index (χ0n) is 68.4. The number of methoxy groups -OCH3 is 1. The Balaban J connectivity index is 0.0000000988. The van der Waals surface area contributed by atoms with Crippen LogP contribution in [0.4, 0.5) is 0 Å². The number of aromatic hydroxyl groups is 5. The molecule has 3 radical (unpaired) electrons. The van der Waals surface area contributed by atoms with Crippen molar-refractivity contribution < 1.29 is 237 Å². The first-order chi connectivity index (χ1) is 56.3. The van der Waals surface area contributed by atoms with Gasteiger partial charge in [-0.15, -0.1) is 0 Å².